The minimum absolute atomic E-state index is 0.0360. The lowest BCUT2D eigenvalue weighted by Gasteiger charge is -2.08. The number of halogens is 1. The maximum atomic E-state index is 12.1. The molecule has 9 heteroatoms. The number of methoxy groups -OCH3 is 1. The maximum Gasteiger partial charge on any atom is 0.240 e. The van der Waals surface area contributed by atoms with E-state index in [9.17, 15) is 8.42 Å². The molecule has 0 unspecified atom stereocenters. The minimum Gasteiger partial charge on any atom is -0.495 e. The molecule has 2 rings (SSSR count). The average molecular weight is 317 g/mol. The van der Waals surface area contributed by atoms with Crippen LogP contribution in [0.25, 0.3) is 0 Å². The lowest BCUT2D eigenvalue weighted by atomic mass is 10.3. The number of aromatic amines is 1. The highest BCUT2D eigenvalue weighted by Gasteiger charge is 2.16. The maximum absolute atomic E-state index is 12.1. The van der Waals surface area contributed by atoms with Gasteiger partial charge in [-0.2, -0.15) is 5.10 Å². The summed E-state index contributed by atoms with van der Waals surface area (Å²) in [6.45, 7) is 0.0360. The van der Waals surface area contributed by atoms with Gasteiger partial charge in [-0.1, -0.05) is 11.6 Å². The van der Waals surface area contributed by atoms with E-state index in [-0.39, 0.29) is 16.5 Å². The first kappa shape index (κ1) is 14.6. The van der Waals surface area contributed by atoms with Crippen molar-refractivity contribution in [1.82, 2.24) is 14.9 Å². The van der Waals surface area contributed by atoms with Crippen molar-refractivity contribution >= 4 is 27.4 Å². The van der Waals surface area contributed by atoms with Gasteiger partial charge in [0.2, 0.25) is 10.0 Å². The van der Waals surface area contributed by atoms with E-state index in [1.807, 2.05) is 0 Å². The van der Waals surface area contributed by atoms with E-state index >= 15 is 0 Å². The van der Waals surface area contributed by atoms with Gasteiger partial charge in [-0.15, -0.1) is 0 Å². The van der Waals surface area contributed by atoms with E-state index in [0.717, 1.165) is 0 Å². The molecular formula is C11H13ClN4O3S. The van der Waals surface area contributed by atoms with Crippen LogP contribution < -0.4 is 15.2 Å². The summed E-state index contributed by atoms with van der Waals surface area (Å²) in [6, 6.07) is 4.22. The van der Waals surface area contributed by atoms with Crippen molar-refractivity contribution in [2.24, 2.45) is 0 Å². The summed E-state index contributed by atoms with van der Waals surface area (Å²) in [5.41, 5.74) is 6.14. The van der Waals surface area contributed by atoms with Crippen LogP contribution in [-0.4, -0.2) is 25.7 Å². The van der Waals surface area contributed by atoms with Crippen LogP contribution in [0.15, 0.2) is 29.3 Å². The Morgan fingerprint density at radius 3 is 2.80 bits per heavy atom. The first-order valence-electron chi connectivity index (χ1n) is 5.55. The summed E-state index contributed by atoms with van der Waals surface area (Å²) in [5, 5.41) is 6.45. The Morgan fingerprint density at radius 1 is 1.50 bits per heavy atom. The summed E-state index contributed by atoms with van der Waals surface area (Å²) < 4.78 is 31.6. The van der Waals surface area contributed by atoms with Crippen LogP contribution in [0.2, 0.25) is 5.02 Å². The molecule has 4 N–H and O–H groups in total. The topological polar surface area (TPSA) is 110 Å². The standard InChI is InChI=1S/C11H13ClN4O3S/c1-19-10-3-2-8(4-9(10)12)20(17,18)15-6-7-5-14-16-11(7)13/h2-5,15H,6H2,1H3,(H3,13,14,16). The molecule has 20 heavy (non-hydrogen) atoms. The summed E-state index contributed by atoms with van der Waals surface area (Å²) in [7, 11) is -2.23. The fourth-order valence-electron chi connectivity index (χ4n) is 1.53. The third kappa shape index (κ3) is 3.03. The number of H-pyrrole nitrogens is 1. The Hall–Kier alpha value is -1.77. The molecule has 1 aromatic carbocycles. The number of anilines is 1. The van der Waals surface area contributed by atoms with Crippen molar-refractivity contribution in [2.75, 3.05) is 12.8 Å². The van der Waals surface area contributed by atoms with Crippen molar-refractivity contribution in [3.63, 3.8) is 0 Å². The zero-order valence-electron chi connectivity index (χ0n) is 10.6. The SMILES string of the molecule is COc1ccc(S(=O)(=O)NCc2cn[nH]c2N)cc1Cl. The molecule has 0 saturated heterocycles. The molecule has 0 saturated carbocycles. The predicted molar refractivity (Wildman–Crippen MR) is 75.0 cm³/mol. The number of benzene rings is 1. The number of nitrogen functional groups attached to an aromatic ring is 1. The molecule has 2 aromatic rings. The van der Waals surface area contributed by atoms with Gasteiger partial charge in [-0.3, -0.25) is 5.10 Å². The third-order valence-corrected chi connectivity index (χ3v) is 4.33. The molecule has 0 amide bonds. The normalized spacial score (nSPS) is 11.5. The van der Waals surface area contributed by atoms with Gasteiger partial charge in [0.25, 0.3) is 0 Å². The van der Waals surface area contributed by atoms with Crippen LogP contribution in [0, 0.1) is 0 Å². The van der Waals surface area contributed by atoms with Crippen LogP contribution >= 0.6 is 11.6 Å². The number of aromatic nitrogens is 2. The molecule has 0 aliphatic heterocycles. The van der Waals surface area contributed by atoms with Gasteiger partial charge < -0.3 is 10.5 Å². The number of sulfonamides is 1. The van der Waals surface area contributed by atoms with Crippen LogP contribution in [0.1, 0.15) is 5.56 Å². The Balaban J connectivity index is 2.18. The van der Waals surface area contributed by atoms with Crippen LogP contribution in [-0.2, 0) is 16.6 Å². The van der Waals surface area contributed by atoms with E-state index in [0.29, 0.717) is 17.1 Å². The Kier molecular flexibility index (Phi) is 4.17. The second kappa shape index (κ2) is 5.70. The highest BCUT2D eigenvalue weighted by Crippen LogP contribution is 2.26. The van der Waals surface area contributed by atoms with Gasteiger partial charge in [0.1, 0.15) is 11.6 Å². The molecule has 0 atom stereocenters. The van der Waals surface area contributed by atoms with Crippen molar-refractivity contribution in [2.45, 2.75) is 11.4 Å². The van der Waals surface area contributed by atoms with Crippen molar-refractivity contribution in [1.29, 1.82) is 0 Å². The molecule has 7 nitrogen and oxygen atoms in total. The second-order valence-electron chi connectivity index (χ2n) is 3.93. The molecule has 0 fully saturated rings. The van der Waals surface area contributed by atoms with Crippen molar-refractivity contribution in [3.05, 3.63) is 35.0 Å². The van der Waals surface area contributed by atoms with Gasteiger partial charge in [0.05, 0.1) is 23.2 Å². The highest BCUT2D eigenvalue weighted by atomic mass is 35.5. The smallest absolute Gasteiger partial charge is 0.240 e. The minimum atomic E-state index is -3.69. The number of hydrogen-bond donors (Lipinski definition) is 3. The van der Waals surface area contributed by atoms with E-state index in [4.69, 9.17) is 22.1 Å². The summed E-state index contributed by atoms with van der Waals surface area (Å²) in [5.74, 6) is 0.727. The molecule has 1 heterocycles. The number of rotatable bonds is 5. The van der Waals surface area contributed by atoms with Gasteiger partial charge in [-0.05, 0) is 18.2 Å². The van der Waals surface area contributed by atoms with E-state index in [1.165, 1.54) is 31.5 Å². The Bertz CT molecular complexity index is 714. The number of nitrogens with two attached hydrogens (primary N) is 1. The largest absolute Gasteiger partial charge is 0.495 e. The number of hydrogen-bond acceptors (Lipinski definition) is 5. The van der Waals surface area contributed by atoms with E-state index < -0.39 is 10.0 Å². The van der Waals surface area contributed by atoms with Crippen LogP contribution in [0.3, 0.4) is 0 Å². The third-order valence-electron chi connectivity index (χ3n) is 2.64. The lowest BCUT2D eigenvalue weighted by molar-refractivity contribution is 0.414. The zero-order valence-corrected chi connectivity index (χ0v) is 12.1. The summed E-state index contributed by atoms with van der Waals surface area (Å²) in [4.78, 5) is 0.0466. The van der Waals surface area contributed by atoms with E-state index in [1.54, 1.807) is 0 Å². The first-order chi connectivity index (χ1) is 9.44. The first-order valence-corrected chi connectivity index (χ1v) is 7.41. The fraction of sp³-hybridized carbons (Fsp3) is 0.182. The van der Waals surface area contributed by atoms with Gasteiger partial charge in [0.15, 0.2) is 0 Å². The number of ether oxygens (including phenoxy) is 1. The average Bonchev–Trinajstić information content (AvgIpc) is 2.82. The molecule has 0 spiro atoms. The van der Waals surface area contributed by atoms with Crippen LogP contribution in [0.4, 0.5) is 5.82 Å². The molecular weight excluding hydrogens is 304 g/mol. The summed E-state index contributed by atoms with van der Waals surface area (Å²) >= 11 is 5.91. The number of nitrogens with one attached hydrogen (secondary N) is 2. The van der Waals surface area contributed by atoms with Crippen molar-refractivity contribution < 1.29 is 13.2 Å². The molecule has 0 aliphatic rings. The van der Waals surface area contributed by atoms with Gasteiger partial charge in [-0.25, -0.2) is 13.1 Å². The van der Waals surface area contributed by atoms with Crippen LogP contribution in [0.5, 0.6) is 5.75 Å². The Labute approximate surface area is 121 Å². The molecule has 108 valence electrons. The van der Waals surface area contributed by atoms with Gasteiger partial charge >= 0.3 is 0 Å². The monoisotopic (exact) mass is 316 g/mol. The highest BCUT2D eigenvalue weighted by molar-refractivity contribution is 7.89. The number of nitrogens with zero attached hydrogens (tertiary/aromatic N) is 1. The quantitative estimate of drug-likeness (QED) is 0.766. The summed E-state index contributed by atoms with van der Waals surface area (Å²) in [6.07, 6.45) is 1.46. The molecule has 0 aliphatic carbocycles. The predicted octanol–water partition coefficient (Wildman–Crippen LogP) is 1.13. The fourth-order valence-corrected chi connectivity index (χ4v) is 2.89. The van der Waals surface area contributed by atoms with Crippen molar-refractivity contribution in [3.8, 4) is 5.75 Å². The molecule has 1 aromatic heterocycles. The van der Waals surface area contributed by atoms with Gasteiger partial charge in [0, 0.05) is 12.1 Å². The Morgan fingerprint density at radius 2 is 2.25 bits per heavy atom. The molecule has 0 radical (unpaired) electrons. The second-order valence-corrected chi connectivity index (χ2v) is 6.10. The van der Waals surface area contributed by atoms with E-state index in [2.05, 4.69) is 14.9 Å². The molecule has 0 bridgehead atoms. The zero-order chi connectivity index (χ0) is 14.8. The lowest BCUT2D eigenvalue weighted by Crippen LogP contribution is -2.23.